The van der Waals surface area contributed by atoms with Crippen molar-refractivity contribution < 1.29 is 27.2 Å². The number of fused-ring (bicyclic) bond motifs is 1. The van der Waals surface area contributed by atoms with E-state index in [1.165, 1.54) is 19.6 Å². The van der Waals surface area contributed by atoms with Gasteiger partial charge in [-0.15, -0.1) is 11.3 Å². The molecule has 2 aliphatic rings. The van der Waals surface area contributed by atoms with Crippen LogP contribution in [0.1, 0.15) is 50.9 Å². The highest BCUT2D eigenvalue weighted by molar-refractivity contribution is 7.84. The van der Waals surface area contributed by atoms with Gasteiger partial charge < -0.3 is 15.2 Å². The first-order valence-electron chi connectivity index (χ1n) is 11.8. The number of nitrogens with zero attached hydrogens (tertiary/aromatic N) is 2. The van der Waals surface area contributed by atoms with Gasteiger partial charge in [0.05, 0.1) is 27.5 Å². The van der Waals surface area contributed by atoms with Crippen molar-refractivity contribution in [2.45, 2.75) is 43.6 Å². The monoisotopic (exact) mass is 598 g/mol. The van der Waals surface area contributed by atoms with Crippen LogP contribution in [-0.4, -0.2) is 61.2 Å². The number of carbonyl (C=O) groups excluding carboxylic acids is 1. The summed E-state index contributed by atoms with van der Waals surface area (Å²) in [5.41, 5.74) is 2.93. The zero-order valence-electron chi connectivity index (χ0n) is 20.1. The molecule has 1 aliphatic carbocycles. The standard InChI is InChI=1S/C24H24Cl2N4O6S2/c1-27-38(33,34)36-19-8-14(7-18(19)31)30-24-17(10-28-11-29-24)21(32)20-9-16(23(26)37-20)22-15-6-13(25)3-2-12(15)4-5-35-22/h2-3,6,9-11,14,18-19,22,27,31H,4-5,7-8H2,1H3,(H,28,29,30)/t14-,18+,19-,22-/m1/s1. The van der Waals surface area contributed by atoms with Gasteiger partial charge >= 0.3 is 10.3 Å². The number of anilines is 1. The second-order valence-corrected chi connectivity index (χ2v) is 12.6. The van der Waals surface area contributed by atoms with Crippen molar-refractivity contribution >= 4 is 56.4 Å². The molecule has 0 spiro atoms. The molecule has 0 saturated heterocycles. The molecule has 14 heteroatoms. The van der Waals surface area contributed by atoms with Crippen molar-refractivity contribution in [1.82, 2.24) is 14.7 Å². The molecule has 0 amide bonds. The molecule has 202 valence electrons. The predicted octanol–water partition coefficient (Wildman–Crippen LogP) is 3.52. The molecule has 38 heavy (non-hydrogen) atoms. The number of aliphatic hydroxyl groups is 1. The first kappa shape index (κ1) is 27.4. The normalized spacial score (nSPS) is 23.3. The Hall–Kier alpha value is -2.16. The van der Waals surface area contributed by atoms with Crippen LogP contribution in [0.4, 0.5) is 5.82 Å². The zero-order chi connectivity index (χ0) is 27.0. The molecule has 1 saturated carbocycles. The second-order valence-electron chi connectivity index (χ2n) is 8.97. The first-order valence-corrected chi connectivity index (χ1v) is 14.7. The van der Waals surface area contributed by atoms with Gasteiger partial charge in [-0.25, -0.2) is 9.97 Å². The summed E-state index contributed by atoms with van der Waals surface area (Å²) in [5, 5.41) is 14.0. The average Bonchev–Trinajstić information content (AvgIpc) is 3.44. The number of ether oxygens (including phenoxy) is 1. The van der Waals surface area contributed by atoms with Gasteiger partial charge in [0, 0.05) is 29.9 Å². The Bertz CT molecular complexity index is 1470. The highest BCUT2D eigenvalue weighted by atomic mass is 35.5. The zero-order valence-corrected chi connectivity index (χ0v) is 23.2. The van der Waals surface area contributed by atoms with Crippen LogP contribution in [0.3, 0.4) is 0 Å². The molecular weight excluding hydrogens is 575 g/mol. The summed E-state index contributed by atoms with van der Waals surface area (Å²) in [7, 11) is -2.74. The summed E-state index contributed by atoms with van der Waals surface area (Å²) in [6, 6.07) is 7.01. The fourth-order valence-corrected chi connectivity index (χ4v) is 6.77. The lowest BCUT2D eigenvalue weighted by atomic mass is 9.94. The summed E-state index contributed by atoms with van der Waals surface area (Å²) < 4.78 is 37.0. The smallest absolute Gasteiger partial charge is 0.335 e. The Morgan fingerprint density at radius 2 is 2.05 bits per heavy atom. The number of aromatic nitrogens is 2. The molecule has 0 bridgehead atoms. The number of thiophene rings is 1. The van der Waals surface area contributed by atoms with E-state index in [1.54, 1.807) is 6.07 Å². The first-order chi connectivity index (χ1) is 18.1. The van der Waals surface area contributed by atoms with E-state index >= 15 is 0 Å². The molecule has 10 nitrogen and oxygen atoms in total. The lowest BCUT2D eigenvalue weighted by Gasteiger charge is -2.26. The fourth-order valence-electron chi connectivity index (χ4n) is 4.69. The van der Waals surface area contributed by atoms with E-state index in [0.29, 0.717) is 26.4 Å². The Morgan fingerprint density at radius 3 is 2.84 bits per heavy atom. The van der Waals surface area contributed by atoms with E-state index < -0.39 is 28.6 Å². The van der Waals surface area contributed by atoms with Crippen molar-refractivity contribution in [3.05, 3.63) is 73.3 Å². The van der Waals surface area contributed by atoms with E-state index in [9.17, 15) is 18.3 Å². The third-order valence-corrected chi connectivity index (χ3v) is 9.16. The Morgan fingerprint density at radius 1 is 1.24 bits per heavy atom. The van der Waals surface area contributed by atoms with Crippen molar-refractivity contribution in [1.29, 1.82) is 0 Å². The summed E-state index contributed by atoms with van der Waals surface area (Å²) in [4.78, 5) is 22.2. The highest BCUT2D eigenvalue weighted by Gasteiger charge is 2.37. The Kier molecular flexibility index (Phi) is 8.04. The van der Waals surface area contributed by atoms with E-state index in [2.05, 4.69) is 20.0 Å². The van der Waals surface area contributed by atoms with Crippen LogP contribution in [0, 0.1) is 0 Å². The molecule has 3 aromatic rings. The van der Waals surface area contributed by atoms with Gasteiger partial charge in [0.25, 0.3) is 0 Å². The van der Waals surface area contributed by atoms with Crippen LogP contribution in [0.2, 0.25) is 9.36 Å². The van der Waals surface area contributed by atoms with Crippen LogP contribution in [0.15, 0.2) is 36.8 Å². The van der Waals surface area contributed by atoms with E-state index in [-0.39, 0.29) is 36.0 Å². The average molecular weight is 600 g/mol. The third-order valence-electron chi connectivity index (χ3n) is 6.54. The second kappa shape index (κ2) is 11.1. The highest BCUT2D eigenvalue weighted by Crippen LogP contribution is 2.42. The number of hydrogen-bond donors (Lipinski definition) is 3. The molecular formula is C24H24Cl2N4O6S2. The number of nitrogens with one attached hydrogen (secondary N) is 2. The van der Waals surface area contributed by atoms with Crippen LogP contribution in [-0.2, 0) is 25.6 Å². The summed E-state index contributed by atoms with van der Waals surface area (Å²) in [6.45, 7) is 0.517. The minimum atomic E-state index is -3.97. The number of carbonyl (C=O) groups is 1. The van der Waals surface area contributed by atoms with Crippen molar-refractivity contribution in [2.75, 3.05) is 19.0 Å². The molecule has 5 rings (SSSR count). The van der Waals surface area contributed by atoms with Crippen LogP contribution < -0.4 is 10.0 Å². The minimum absolute atomic E-state index is 0.190. The van der Waals surface area contributed by atoms with Gasteiger partial charge in [0.1, 0.15) is 24.4 Å². The maximum Gasteiger partial charge on any atom is 0.335 e. The number of aliphatic hydroxyl groups excluding tert-OH is 1. The summed E-state index contributed by atoms with van der Waals surface area (Å²) in [6.07, 6.45) is 1.47. The lowest BCUT2D eigenvalue weighted by molar-refractivity contribution is 0.0636. The minimum Gasteiger partial charge on any atom is -0.390 e. The number of halogens is 2. The van der Waals surface area contributed by atoms with Crippen LogP contribution >= 0.6 is 34.5 Å². The van der Waals surface area contributed by atoms with Gasteiger partial charge in [-0.05, 0) is 48.6 Å². The maximum atomic E-state index is 13.6. The van der Waals surface area contributed by atoms with Crippen molar-refractivity contribution in [3.63, 3.8) is 0 Å². The van der Waals surface area contributed by atoms with Crippen molar-refractivity contribution in [3.8, 4) is 0 Å². The van der Waals surface area contributed by atoms with E-state index in [0.717, 1.165) is 28.9 Å². The largest absolute Gasteiger partial charge is 0.390 e. The number of ketones is 1. The Balaban J connectivity index is 1.37. The van der Waals surface area contributed by atoms with Crippen LogP contribution in [0.5, 0.6) is 0 Å². The van der Waals surface area contributed by atoms with E-state index in [4.69, 9.17) is 32.1 Å². The van der Waals surface area contributed by atoms with Gasteiger partial charge in [-0.2, -0.15) is 13.1 Å². The molecule has 1 aliphatic heterocycles. The van der Waals surface area contributed by atoms with Crippen LogP contribution in [0.25, 0.3) is 0 Å². The molecule has 0 unspecified atom stereocenters. The fraction of sp³-hybridized carbons (Fsp3) is 0.375. The number of rotatable bonds is 8. The van der Waals surface area contributed by atoms with Crippen molar-refractivity contribution in [2.24, 2.45) is 0 Å². The number of benzene rings is 1. The topological polar surface area (TPSA) is 140 Å². The summed E-state index contributed by atoms with van der Waals surface area (Å²) in [5.74, 6) is -0.0751. The molecule has 1 fully saturated rings. The van der Waals surface area contributed by atoms with Gasteiger partial charge in [-0.1, -0.05) is 29.3 Å². The van der Waals surface area contributed by atoms with Gasteiger partial charge in [-0.3, -0.25) is 8.98 Å². The van der Waals surface area contributed by atoms with Gasteiger partial charge in [0.2, 0.25) is 5.78 Å². The quantitative estimate of drug-likeness (QED) is 0.332. The Labute approximate surface area is 233 Å². The SMILES string of the molecule is CNS(=O)(=O)O[C@@H]1C[C@H](Nc2ncncc2C(=O)c2cc([C@@H]3OCCc4ccc(Cl)cc43)c(Cl)s2)C[C@@H]1O. The number of hydrogen-bond acceptors (Lipinski definition) is 10. The molecule has 4 atom stereocenters. The molecule has 2 aromatic heterocycles. The maximum absolute atomic E-state index is 13.6. The van der Waals surface area contributed by atoms with E-state index in [1.807, 2.05) is 18.2 Å². The summed E-state index contributed by atoms with van der Waals surface area (Å²) >= 11 is 14.0. The molecule has 1 aromatic carbocycles. The third kappa shape index (κ3) is 5.73. The lowest BCUT2D eigenvalue weighted by Crippen LogP contribution is -2.31. The molecule has 3 heterocycles. The van der Waals surface area contributed by atoms with Gasteiger partial charge in [0.15, 0.2) is 0 Å². The molecule has 0 radical (unpaired) electrons. The predicted molar refractivity (Wildman–Crippen MR) is 143 cm³/mol. The molecule has 3 N–H and O–H groups in total.